The Balaban J connectivity index is 1.93. The van der Waals surface area contributed by atoms with Crippen molar-refractivity contribution in [2.24, 2.45) is 9.98 Å². The van der Waals surface area contributed by atoms with E-state index in [-0.39, 0.29) is 6.17 Å². The van der Waals surface area contributed by atoms with Gasteiger partial charge in [-0.1, -0.05) is 29.8 Å². The molecule has 24 heavy (non-hydrogen) atoms. The molecule has 0 saturated carbocycles. The number of halogens is 1. The fraction of sp³-hybridized carbons (Fsp3) is 0.0526. The van der Waals surface area contributed by atoms with E-state index in [1.165, 1.54) is 0 Å². The molecule has 0 spiro atoms. The van der Waals surface area contributed by atoms with Gasteiger partial charge >= 0.3 is 0 Å². The van der Waals surface area contributed by atoms with Crippen LogP contribution in [-0.2, 0) is 0 Å². The molecule has 0 atom stereocenters. The predicted molar refractivity (Wildman–Crippen MR) is 93.5 cm³/mol. The Morgan fingerprint density at radius 1 is 0.708 bits per heavy atom. The maximum absolute atomic E-state index is 6.34. The molecule has 4 nitrogen and oxygen atoms in total. The van der Waals surface area contributed by atoms with Crippen LogP contribution in [-0.4, -0.2) is 9.97 Å². The van der Waals surface area contributed by atoms with Crippen LogP contribution >= 0.6 is 11.6 Å². The van der Waals surface area contributed by atoms with Crippen LogP contribution in [0.5, 0.6) is 0 Å². The number of fused-ring (bicyclic) bond motifs is 6. The maximum atomic E-state index is 6.34. The summed E-state index contributed by atoms with van der Waals surface area (Å²) in [6, 6.07) is 15.6. The first-order valence-corrected chi connectivity index (χ1v) is 8.02. The minimum atomic E-state index is -0.331. The third-order valence-corrected chi connectivity index (χ3v) is 4.60. The van der Waals surface area contributed by atoms with Gasteiger partial charge in [0.1, 0.15) is 0 Å². The lowest BCUT2D eigenvalue weighted by Crippen LogP contribution is -2.24. The first-order chi connectivity index (χ1) is 11.8. The van der Waals surface area contributed by atoms with Crippen LogP contribution < -0.4 is 10.7 Å². The monoisotopic (exact) mass is 330 g/mol. The zero-order chi connectivity index (χ0) is 16.1. The van der Waals surface area contributed by atoms with Gasteiger partial charge in [0.25, 0.3) is 0 Å². The Kier molecular flexibility index (Phi) is 2.87. The van der Waals surface area contributed by atoms with Crippen molar-refractivity contribution in [3.63, 3.8) is 0 Å². The van der Waals surface area contributed by atoms with Crippen LogP contribution in [0.1, 0.15) is 11.7 Å². The minimum absolute atomic E-state index is 0.331. The number of benzene rings is 2. The standard InChI is InChI=1S/C19H11ClN4/c20-14-8-2-1-5-11(14)19-23-17-12-6-3-9-21-15(12)16-13(18(17)24-19)7-4-10-22-16/h1-10,19H. The fourth-order valence-electron chi connectivity index (χ4n) is 3.18. The van der Waals surface area contributed by atoms with Gasteiger partial charge in [0, 0.05) is 33.8 Å². The molecule has 0 saturated heterocycles. The van der Waals surface area contributed by atoms with Crippen LogP contribution in [0.3, 0.4) is 0 Å². The molecule has 114 valence electrons. The number of hydrogen-bond acceptors (Lipinski definition) is 4. The Hall–Kier alpha value is -2.85. The van der Waals surface area contributed by atoms with Crippen molar-refractivity contribution in [1.82, 2.24) is 9.97 Å². The first kappa shape index (κ1) is 13.6. The quantitative estimate of drug-likeness (QED) is 0.502. The molecule has 0 amide bonds. The summed E-state index contributed by atoms with van der Waals surface area (Å²) >= 11 is 6.34. The Morgan fingerprint density at radius 2 is 1.29 bits per heavy atom. The Labute approximate surface area is 142 Å². The number of nitrogens with zero attached hydrogens (tertiary/aromatic N) is 4. The highest BCUT2D eigenvalue weighted by Crippen LogP contribution is 2.28. The summed E-state index contributed by atoms with van der Waals surface area (Å²) in [6.07, 6.45) is 3.23. The normalized spacial score (nSPS) is 13.7. The highest BCUT2D eigenvalue weighted by molar-refractivity contribution is 6.31. The van der Waals surface area contributed by atoms with Gasteiger partial charge in [-0.2, -0.15) is 0 Å². The van der Waals surface area contributed by atoms with Crippen molar-refractivity contribution < 1.29 is 0 Å². The average molecular weight is 331 g/mol. The van der Waals surface area contributed by atoms with Crippen molar-refractivity contribution >= 4 is 33.4 Å². The Bertz CT molecular complexity index is 1160. The fourth-order valence-corrected chi connectivity index (χ4v) is 3.42. The topological polar surface area (TPSA) is 50.5 Å². The third kappa shape index (κ3) is 1.87. The molecule has 1 aliphatic heterocycles. The van der Waals surface area contributed by atoms with Gasteiger partial charge in [-0.15, -0.1) is 0 Å². The third-order valence-electron chi connectivity index (χ3n) is 4.26. The van der Waals surface area contributed by atoms with Gasteiger partial charge in [0.05, 0.1) is 21.7 Å². The van der Waals surface area contributed by atoms with Crippen molar-refractivity contribution in [2.45, 2.75) is 6.17 Å². The van der Waals surface area contributed by atoms with E-state index in [0.29, 0.717) is 5.02 Å². The van der Waals surface area contributed by atoms with Gasteiger partial charge in [-0.3, -0.25) is 20.0 Å². The van der Waals surface area contributed by atoms with E-state index in [0.717, 1.165) is 38.1 Å². The molecule has 3 heterocycles. The molecule has 4 aromatic rings. The second-order valence-corrected chi connectivity index (χ2v) is 6.06. The molecular weight excluding hydrogens is 320 g/mol. The molecule has 0 unspecified atom stereocenters. The molecule has 0 fully saturated rings. The average Bonchev–Trinajstić information content (AvgIpc) is 3.08. The van der Waals surface area contributed by atoms with Crippen molar-refractivity contribution in [2.75, 3.05) is 0 Å². The van der Waals surface area contributed by atoms with Crippen molar-refractivity contribution in [3.8, 4) is 0 Å². The van der Waals surface area contributed by atoms with Crippen molar-refractivity contribution in [3.05, 3.63) is 82.2 Å². The summed E-state index contributed by atoms with van der Waals surface area (Å²) in [5, 5.41) is 4.34. The maximum Gasteiger partial charge on any atom is 0.168 e. The molecule has 0 N–H and O–H groups in total. The summed E-state index contributed by atoms with van der Waals surface area (Å²) in [5.41, 5.74) is 2.61. The summed E-state index contributed by atoms with van der Waals surface area (Å²) in [7, 11) is 0. The Morgan fingerprint density at radius 3 is 1.88 bits per heavy atom. The molecule has 5 heteroatoms. The second kappa shape index (κ2) is 5.08. The zero-order valence-electron chi connectivity index (χ0n) is 12.5. The highest BCUT2D eigenvalue weighted by Gasteiger charge is 2.19. The van der Waals surface area contributed by atoms with Crippen molar-refractivity contribution in [1.29, 1.82) is 0 Å². The van der Waals surface area contributed by atoms with E-state index in [9.17, 15) is 0 Å². The molecule has 2 aromatic heterocycles. The van der Waals surface area contributed by atoms with E-state index >= 15 is 0 Å². The number of rotatable bonds is 1. The number of aromatic nitrogens is 2. The zero-order valence-corrected chi connectivity index (χ0v) is 13.3. The molecular formula is C19H11ClN4. The van der Waals surface area contributed by atoms with E-state index in [2.05, 4.69) is 9.97 Å². The van der Waals surface area contributed by atoms with Gasteiger partial charge in [-0.25, -0.2) is 0 Å². The van der Waals surface area contributed by atoms with Crippen LogP contribution in [0, 0.1) is 0 Å². The largest absolute Gasteiger partial charge is 0.254 e. The summed E-state index contributed by atoms with van der Waals surface area (Å²) < 4.78 is 0. The lowest BCUT2D eigenvalue weighted by atomic mass is 10.1. The van der Waals surface area contributed by atoms with Crippen LogP contribution in [0.25, 0.3) is 21.8 Å². The smallest absolute Gasteiger partial charge is 0.168 e. The van der Waals surface area contributed by atoms with E-state index in [4.69, 9.17) is 21.6 Å². The van der Waals surface area contributed by atoms with Gasteiger partial charge in [0.2, 0.25) is 0 Å². The molecule has 1 aliphatic rings. The lowest BCUT2D eigenvalue weighted by Gasteiger charge is -2.05. The summed E-state index contributed by atoms with van der Waals surface area (Å²) in [6.45, 7) is 0. The highest BCUT2D eigenvalue weighted by atomic mass is 35.5. The molecule has 0 bridgehead atoms. The minimum Gasteiger partial charge on any atom is -0.254 e. The lowest BCUT2D eigenvalue weighted by molar-refractivity contribution is 0.773. The van der Waals surface area contributed by atoms with Crippen LogP contribution in [0.15, 0.2) is 70.9 Å². The first-order valence-electron chi connectivity index (χ1n) is 7.64. The summed E-state index contributed by atoms with van der Waals surface area (Å²) in [4.78, 5) is 18.7. The van der Waals surface area contributed by atoms with Gasteiger partial charge in [0.15, 0.2) is 6.17 Å². The molecule has 0 aliphatic carbocycles. The second-order valence-electron chi connectivity index (χ2n) is 5.65. The van der Waals surface area contributed by atoms with E-state index < -0.39 is 0 Å². The van der Waals surface area contributed by atoms with E-state index in [1.807, 2.05) is 48.5 Å². The van der Waals surface area contributed by atoms with Crippen LogP contribution in [0.2, 0.25) is 5.02 Å². The SMILES string of the molecule is Clc1ccccc1C1N=c2c(c3cccnc3c3ncccc23)=N1. The van der Waals surface area contributed by atoms with Gasteiger partial charge in [-0.05, 0) is 30.3 Å². The number of pyridine rings is 2. The number of hydrogen-bond donors (Lipinski definition) is 0. The summed E-state index contributed by atoms with van der Waals surface area (Å²) in [5.74, 6) is 0. The predicted octanol–water partition coefficient (Wildman–Crippen LogP) is 3.39. The molecule has 0 radical (unpaired) electrons. The van der Waals surface area contributed by atoms with Gasteiger partial charge < -0.3 is 0 Å². The molecule has 2 aromatic carbocycles. The molecule has 5 rings (SSSR count). The van der Waals surface area contributed by atoms with Crippen LogP contribution in [0.4, 0.5) is 0 Å². The van der Waals surface area contributed by atoms with E-state index in [1.54, 1.807) is 12.4 Å².